The molecule has 1 unspecified atom stereocenters. The van der Waals surface area contributed by atoms with Crippen LogP contribution in [0.3, 0.4) is 0 Å². The van der Waals surface area contributed by atoms with Crippen molar-refractivity contribution in [2.75, 3.05) is 26.2 Å². The standard InChI is InChI=1S/C18H23N3O3S/c1-14-20-16(13-25-14)9-19-10-17-11-21(7-8-23-17)18(22)24-12-15-5-3-2-4-6-15/h2-6,13,17,19H,7-12H2,1H3. The molecule has 0 bridgehead atoms. The van der Waals surface area contributed by atoms with Gasteiger partial charge in [0.15, 0.2) is 0 Å². The molecule has 0 radical (unpaired) electrons. The Labute approximate surface area is 151 Å². The second-order valence-corrected chi connectivity index (χ2v) is 7.03. The number of carbonyl (C=O) groups is 1. The number of hydrogen-bond donors (Lipinski definition) is 1. The van der Waals surface area contributed by atoms with Gasteiger partial charge in [0, 0.05) is 25.0 Å². The van der Waals surface area contributed by atoms with Crippen LogP contribution in [0.2, 0.25) is 0 Å². The Morgan fingerprint density at radius 1 is 1.44 bits per heavy atom. The highest BCUT2D eigenvalue weighted by Gasteiger charge is 2.25. The van der Waals surface area contributed by atoms with Gasteiger partial charge in [0.25, 0.3) is 0 Å². The summed E-state index contributed by atoms with van der Waals surface area (Å²) >= 11 is 1.65. The van der Waals surface area contributed by atoms with E-state index in [0.717, 1.165) is 16.3 Å². The number of hydrogen-bond acceptors (Lipinski definition) is 6. The minimum atomic E-state index is -0.285. The van der Waals surface area contributed by atoms with Crippen LogP contribution in [0.5, 0.6) is 0 Å². The molecule has 1 atom stereocenters. The first-order valence-corrected chi connectivity index (χ1v) is 9.27. The molecule has 7 heteroatoms. The molecule has 1 aliphatic heterocycles. The topological polar surface area (TPSA) is 63.7 Å². The number of nitrogens with zero attached hydrogens (tertiary/aromatic N) is 2. The number of aryl methyl sites for hydroxylation is 1. The Balaban J connectivity index is 1.40. The number of rotatable bonds is 6. The molecule has 1 fully saturated rings. The first-order chi connectivity index (χ1) is 12.2. The van der Waals surface area contributed by atoms with Crippen LogP contribution >= 0.6 is 11.3 Å². The monoisotopic (exact) mass is 361 g/mol. The van der Waals surface area contributed by atoms with Crippen molar-refractivity contribution >= 4 is 17.4 Å². The van der Waals surface area contributed by atoms with E-state index < -0.39 is 0 Å². The summed E-state index contributed by atoms with van der Waals surface area (Å²) in [6.07, 6.45) is -0.315. The first kappa shape index (κ1) is 17.8. The van der Waals surface area contributed by atoms with Gasteiger partial charge in [0.05, 0.1) is 30.0 Å². The Morgan fingerprint density at radius 3 is 3.04 bits per heavy atom. The second-order valence-electron chi connectivity index (χ2n) is 5.97. The third kappa shape index (κ3) is 5.52. The molecule has 2 aromatic rings. The molecule has 2 heterocycles. The van der Waals surface area contributed by atoms with E-state index in [1.165, 1.54) is 0 Å². The third-order valence-electron chi connectivity index (χ3n) is 3.95. The van der Waals surface area contributed by atoms with E-state index in [2.05, 4.69) is 15.7 Å². The predicted molar refractivity (Wildman–Crippen MR) is 96.5 cm³/mol. The summed E-state index contributed by atoms with van der Waals surface area (Å²) in [6.45, 7) is 5.32. The summed E-state index contributed by atoms with van der Waals surface area (Å²) in [4.78, 5) is 18.4. The van der Waals surface area contributed by atoms with E-state index in [-0.39, 0.29) is 12.2 Å². The fraction of sp³-hybridized carbons (Fsp3) is 0.444. The zero-order valence-electron chi connectivity index (χ0n) is 14.3. The van der Waals surface area contributed by atoms with Crippen molar-refractivity contribution in [1.82, 2.24) is 15.2 Å². The van der Waals surface area contributed by atoms with Crippen molar-refractivity contribution < 1.29 is 14.3 Å². The van der Waals surface area contributed by atoms with Crippen molar-refractivity contribution in [2.24, 2.45) is 0 Å². The largest absolute Gasteiger partial charge is 0.445 e. The lowest BCUT2D eigenvalue weighted by Crippen LogP contribution is -2.49. The van der Waals surface area contributed by atoms with Gasteiger partial charge in [-0.05, 0) is 12.5 Å². The van der Waals surface area contributed by atoms with Crippen LogP contribution in [-0.2, 0) is 22.6 Å². The summed E-state index contributed by atoms with van der Waals surface area (Å²) in [7, 11) is 0. The number of carbonyl (C=O) groups excluding carboxylic acids is 1. The van der Waals surface area contributed by atoms with Crippen molar-refractivity contribution in [3.63, 3.8) is 0 Å². The van der Waals surface area contributed by atoms with E-state index in [4.69, 9.17) is 9.47 Å². The van der Waals surface area contributed by atoms with E-state index in [9.17, 15) is 4.79 Å². The lowest BCUT2D eigenvalue weighted by Gasteiger charge is -2.32. The zero-order chi connectivity index (χ0) is 17.5. The van der Waals surface area contributed by atoms with Crippen LogP contribution in [0.4, 0.5) is 4.79 Å². The van der Waals surface area contributed by atoms with Crippen LogP contribution in [0.25, 0.3) is 0 Å². The molecule has 1 aliphatic rings. The SMILES string of the molecule is Cc1nc(CNCC2CN(C(=O)OCc3ccccc3)CCO2)cs1. The number of nitrogens with one attached hydrogen (secondary N) is 1. The average molecular weight is 361 g/mol. The van der Waals surface area contributed by atoms with Gasteiger partial charge in [-0.15, -0.1) is 11.3 Å². The quantitative estimate of drug-likeness (QED) is 0.857. The van der Waals surface area contributed by atoms with Crippen molar-refractivity contribution in [3.05, 3.63) is 52.0 Å². The number of ether oxygens (including phenoxy) is 2. The molecule has 134 valence electrons. The molecule has 1 saturated heterocycles. The molecule has 25 heavy (non-hydrogen) atoms. The predicted octanol–water partition coefficient (Wildman–Crippen LogP) is 2.58. The minimum Gasteiger partial charge on any atom is -0.445 e. The third-order valence-corrected chi connectivity index (χ3v) is 4.77. The average Bonchev–Trinajstić information content (AvgIpc) is 3.06. The van der Waals surface area contributed by atoms with Gasteiger partial charge < -0.3 is 19.7 Å². The van der Waals surface area contributed by atoms with Gasteiger partial charge in [-0.2, -0.15) is 0 Å². The maximum Gasteiger partial charge on any atom is 0.410 e. The van der Waals surface area contributed by atoms with Crippen molar-refractivity contribution in [1.29, 1.82) is 0 Å². The smallest absolute Gasteiger partial charge is 0.410 e. The summed E-state index contributed by atoms with van der Waals surface area (Å²) < 4.78 is 11.1. The summed E-state index contributed by atoms with van der Waals surface area (Å²) in [5.41, 5.74) is 2.03. The Hall–Kier alpha value is -1.96. The van der Waals surface area contributed by atoms with E-state index in [1.807, 2.05) is 37.3 Å². The van der Waals surface area contributed by atoms with E-state index in [1.54, 1.807) is 16.2 Å². The number of morpholine rings is 1. The van der Waals surface area contributed by atoms with Gasteiger partial charge in [0.1, 0.15) is 6.61 Å². The molecule has 1 N–H and O–H groups in total. The Morgan fingerprint density at radius 2 is 2.28 bits per heavy atom. The summed E-state index contributed by atoms with van der Waals surface area (Å²) in [5.74, 6) is 0. The van der Waals surface area contributed by atoms with Crippen molar-refractivity contribution in [3.8, 4) is 0 Å². The van der Waals surface area contributed by atoms with Gasteiger partial charge in [0.2, 0.25) is 0 Å². The van der Waals surface area contributed by atoms with Crippen molar-refractivity contribution in [2.45, 2.75) is 26.2 Å². The van der Waals surface area contributed by atoms with E-state index in [0.29, 0.717) is 39.4 Å². The molecule has 1 amide bonds. The maximum atomic E-state index is 12.2. The molecule has 1 aromatic carbocycles. The lowest BCUT2D eigenvalue weighted by molar-refractivity contribution is -0.0271. The van der Waals surface area contributed by atoms with Gasteiger partial charge in [-0.1, -0.05) is 30.3 Å². The van der Waals surface area contributed by atoms with Crippen LogP contribution in [0, 0.1) is 6.92 Å². The van der Waals surface area contributed by atoms with Crippen LogP contribution < -0.4 is 5.32 Å². The van der Waals surface area contributed by atoms with Crippen LogP contribution in [0.15, 0.2) is 35.7 Å². The van der Waals surface area contributed by atoms with Gasteiger partial charge >= 0.3 is 6.09 Å². The van der Waals surface area contributed by atoms with Gasteiger partial charge in [-0.3, -0.25) is 0 Å². The maximum absolute atomic E-state index is 12.2. The highest BCUT2D eigenvalue weighted by atomic mass is 32.1. The molecular formula is C18H23N3O3S. The van der Waals surface area contributed by atoms with Crippen LogP contribution in [-0.4, -0.2) is 48.3 Å². The molecule has 0 spiro atoms. The molecule has 0 aliphatic carbocycles. The zero-order valence-corrected chi connectivity index (χ0v) is 15.1. The lowest BCUT2D eigenvalue weighted by atomic mass is 10.2. The minimum absolute atomic E-state index is 0.0299. The first-order valence-electron chi connectivity index (χ1n) is 8.39. The number of thiazole rings is 1. The summed E-state index contributed by atoms with van der Waals surface area (Å²) in [6, 6.07) is 9.70. The highest BCUT2D eigenvalue weighted by molar-refractivity contribution is 7.09. The Bertz CT molecular complexity index is 677. The molecule has 3 rings (SSSR count). The molecule has 6 nitrogen and oxygen atoms in total. The fourth-order valence-electron chi connectivity index (χ4n) is 2.67. The molecule has 1 aromatic heterocycles. The fourth-order valence-corrected chi connectivity index (χ4v) is 3.28. The number of benzene rings is 1. The van der Waals surface area contributed by atoms with Crippen LogP contribution in [0.1, 0.15) is 16.3 Å². The molecule has 0 saturated carbocycles. The number of aromatic nitrogens is 1. The normalized spacial score (nSPS) is 17.5. The highest BCUT2D eigenvalue weighted by Crippen LogP contribution is 2.10. The van der Waals surface area contributed by atoms with E-state index >= 15 is 0 Å². The second kappa shape index (κ2) is 8.94. The van der Waals surface area contributed by atoms with Gasteiger partial charge in [-0.25, -0.2) is 9.78 Å². The summed E-state index contributed by atoms with van der Waals surface area (Å²) in [5, 5.41) is 6.46. The Kier molecular flexibility index (Phi) is 6.38. The molecular weight excluding hydrogens is 338 g/mol. The number of amides is 1.